The van der Waals surface area contributed by atoms with Gasteiger partial charge in [0.05, 0.1) is 28.6 Å². The molecule has 1 atom stereocenters. The number of ether oxygens (including phenoxy) is 2. The van der Waals surface area contributed by atoms with Crippen LogP contribution in [0.15, 0.2) is 36.4 Å². The number of benzene rings is 2. The highest BCUT2D eigenvalue weighted by atomic mass is 35.5. The number of rotatable bonds is 8. The summed E-state index contributed by atoms with van der Waals surface area (Å²) in [5.41, 5.74) is -0.730. The third-order valence-electron chi connectivity index (χ3n) is 6.23. The fraction of sp³-hybridized carbons (Fsp3) is 0.385. The van der Waals surface area contributed by atoms with Crippen LogP contribution >= 0.6 is 22.9 Å². The van der Waals surface area contributed by atoms with E-state index in [1.54, 1.807) is 12.1 Å². The van der Waals surface area contributed by atoms with Crippen molar-refractivity contribution in [1.29, 1.82) is 0 Å². The van der Waals surface area contributed by atoms with E-state index in [1.807, 2.05) is 27.7 Å². The van der Waals surface area contributed by atoms with Gasteiger partial charge in [-0.15, -0.1) is 11.3 Å². The summed E-state index contributed by atoms with van der Waals surface area (Å²) < 4.78 is 50.4. The highest BCUT2D eigenvalue weighted by Crippen LogP contribution is 2.43. The molecule has 3 rings (SSSR count). The van der Waals surface area contributed by atoms with Crippen molar-refractivity contribution in [2.45, 2.75) is 52.9 Å². The third-order valence-corrected chi connectivity index (χ3v) is 7.88. The van der Waals surface area contributed by atoms with Crippen LogP contribution < -0.4 is 10.1 Å². The maximum atomic E-state index is 13.4. The van der Waals surface area contributed by atoms with Gasteiger partial charge in [0.1, 0.15) is 18.4 Å². The van der Waals surface area contributed by atoms with Gasteiger partial charge in [-0.25, -0.2) is 4.79 Å². The second kappa shape index (κ2) is 10.7. The Bertz CT molecular complexity index is 1270. The van der Waals surface area contributed by atoms with Crippen LogP contribution in [0.25, 0.3) is 10.1 Å². The fourth-order valence-electron chi connectivity index (χ4n) is 3.62. The molecule has 5 nitrogen and oxygen atoms in total. The van der Waals surface area contributed by atoms with Gasteiger partial charge >= 0.3 is 12.1 Å². The molecule has 3 aromatic rings. The van der Waals surface area contributed by atoms with Crippen LogP contribution in [0.4, 0.5) is 13.2 Å². The lowest BCUT2D eigenvalue weighted by molar-refractivity contribution is -0.146. The van der Waals surface area contributed by atoms with E-state index in [1.165, 1.54) is 30.6 Å². The molecule has 0 bridgehead atoms. The number of hydrogen-bond donors (Lipinski definition) is 1. The molecular formula is C26H27ClF3NO4S. The van der Waals surface area contributed by atoms with E-state index < -0.39 is 35.1 Å². The average molecular weight is 542 g/mol. The lowest BCUT2D eigenvalue weighted by Crippen LogP contribution is -2.50. The molecule has 0 saturated heterocycles. The molecule has 1 aromatic heterocycles. The number of fused-ring (bicyclic) bond motifs is 1. The predicted molar refractivity (Wildman–Crippen MR) is 135 cm³/mol. The molecule has 0 fully saturated rings. The van der Waals surface area contributed by atoms with E-state index in [4.69, 9.17) is 21.1 Å². The second-order valence-electron chi connectivity index (χ2n) is 9.04. The summed E-state index contributed by atoms with van der Waals surface area (Å²) in [6.07, 6.45) is -3.85. The number of hydrogen-bond acceptors (Lipinski definition) is 5. The lowest BCUT2D eigenvalue weighted by Gasteiger charge is -2.32. The molecule has 0 saturated carbocycles. The smallest absolute Gasteiger partial charge is 0.416 e. The normalized spacial score (nSPS) is 12.9. The van der Waals surface area contributed by atoms with Gasteiger partial charge in [-0.3, -0.25) is 4.79 Å². The van der Waals surface area contributed by atoms with Crippen LogP contribution in [0.1, 0.15) is 53.6 Å². The largest absolute Gasteiger partial charge is 0.487 e. The molecule has 0 unspecified atom stereocenters. The van der Waals surface area contributed by atoms with Crippen LogP contribution in [-0.2, 0) is 22.3 Å². The molecule has 0 aliphatic heterocycles. The van der Waals surface area contributed by atoms with E-state index in [0.29, 0.717) is 22.4 Å². The second-order valence-corrected chi connectivity index (χ2v) is 10.7. The number of thiophene rings is 1. The van der Waals surface area contributed by atoms with Crippen molar-refractivity contribution in [2.24, 2.45) is 5.41 Å². The minimum absolute atomic E-state index is 0.0936. The van der Waals surface area contributed by atoms with Crippen molar-refractivity contribution < 1.29 is 32.2 Å². The summed E-state index contributed by atoms with van der Waals surface area (Å²) in [7, 11) is 1.26. The first kappa shape index (κ1) is 27.8. The number of alkyl halides is 3. The van der Waals surface area contributed by atoms with Crippen LogP contribution in [0.2, 0.25) is 5.02 Å². The number of amides is 1. The van der Waals surface area contributed by atoms with Gasteiger partial charge in [0.15, 0.2) is 0 Å². The Labute approximate surface area is 216 Å². The SMILES string of the molecule is CCC(C)(C)[C@H](NC(=O)c1ccc2sc(C)c(Cl)c2c1OCc1ccc(C(F)(F)F)cc1)C(=O)OC. The van der Waals surface area contributed by atoms with Crippen molar-refractivity contribution >= 4 is 44.9 Å². The lowest BCUT2D eigenvalue weighted by atomic mass is 9.81. The third kappa shape index (κ3) is 5.78. The Hall–Kier alpha value is -2.78. The van der Waals surface area contributed by atoms with Gasteiger partial charge in [0, 0.05) is 9.58 Å². The van der Waals surface area contributed by atoms with Crippen LogP contribution in [-0.4, -0.2) is 25.0 Å². The first-order valence-electron chi connectivity index (χ1n) is 11.2. The summed E-state index contributed by atoms with van der Waals surface area (Å²) in [6.45, 7) is 7.34. The van der Waals surface area contributed by atoms with E-state index >= 15 is 0 Å². The zero-order valence-electron chi connectivity index (χ0n) is 20.5. The molecule has 0 radical (unpaired) electrons. The number of esters is 1. The molecule has 2 aromatic carbocycles. The molecule has 0 aliphatic rings. The molecular weight excluding hydrogens is 515 g/mol. The van der Waals surface area contributed by atoms with Crippen molar-refractivity contribution in [1.82, 2.24) is 5.32 Å². The highest BCUT2D eigenvalue weighted by molar-refractivity contribution is 7.19. The Kier molecular flexibility index (Phi) is 8.25. The van der Waals surface area contributed by atoms with Crippen molar-refractivity contribution in [3.63, 3.8) is 0 Å². The van der Waals surface area contributed by atoms with Gasteiger partial charge in [-0.05, 0) is 48.6 Å². The number of nitrogens with one attached hydrogen (secondary N) is 1. The van der Waals surface area contributed by atoms with Crippen molar-refractivity contribution in [3.8, 4) is 5.75 Å². The van der Waals surface area contributed by atoms with Gasteiger partial charge in [-0.2, -0.15) is 13.2 Å². The number of halogens is 4. The maximum absolute atomic E-state index is 13.4. The van der Waals surface area contributed by atoms with E-state index in [0.717, 1.165) is 21.7 Å². The van der Waals surface area contributed by atoms with Gasteiger partial charge < -0.3 is 14.8 Å². The maximum Gasteiger partial charge on any atom is 0.416 e. The zero-order valence-corrected chi connectivity index (χ0v) is 22.1. The first-order chi connectivity index (χ1) is 16.8. The first-order valence-corrected chi connectivity index (χ1v) is 12.4. The summed E-state index contributed by atoms with van der Waals surface area (Å²) in [5, 5.41) is 3.72. The van der Waals surface area contributed by atoms with Gasteiger partial charge in [0.2, 0.25) is 0 Å². The summed E-state index contributed by atoms with van der Waals surface area (Å²) in [6, 6.07) is 7.00. The van der Waals surface area contributed by atoms with E-state index in [-0.39, 0.29) is 17.9 Å². The Balaban J connectivity index is 2.00. The van der Waals surface area contributed by atoms with Gasteiger partial charge in [-0.1, -0.05) is 44.5 Å². The molecule has 1 heterocycles. The van der Waals surface area contributed by atoms with Crippen LogP contribution in [0.3, 0.4) is 0 Å². The summed E-state index contributed by atoms with van der Waals surface area (Å²) >= 11 is 7.98. The fourth-order valence-corrected chi connectivity index (χ4v) is 4.94. The van der Waals surface area contributed by atoms with E-state index in [9.17, 15) is 22.8 Å². The summed E-state index contributed by atoms with van der Waals surface area (Å²) in [4.78, 5) is 26.7. The monoisotopic (exact) mass is 541 g/mol. The topological polar surface area (TPSA) is 64.6 Å². The highest BCUT2D eigenvalue weighted by Gasteiger charge is 2.37. The standard InChI is InChI=1S/C26H27ClF3NO4S/c1-6-25(3,4)22(24(33)34-5)31-23(32)17-11-12-18-19(20(27)14(2)36-18)21(17)35-13-15-7-9-16(10-8-15)26(28,29)30/h7-12,22H,6,13H2,1-5H3,(H,31,32)/t22-/m1/s1. The Morgan fingerprint density at radius 2 is 1.75 bits per heavy atom. The van der Waals surface area contributed by atoms with Crippen molar-refractivity contribution in [3.05, 3.63) is 63.0 Å². The Morgan fingerprint density at radius 3 is 2.31 bits per heavy atom. The number of carbonyl (C=O) groups excluding carboxylic acids is 2. The molecule has 1 N–H and O–H groups in total. The molecule has 0 aliphatic carbocycles. The number of aryl methyl sites for hydroxylation is 1. The molecule has 194 valence electrons. The zero-order chi connectivity index (χ0) is 26.8. The minimum Gasteiger partial charge on any atom is -0.487 e. The minimum atomic E-state index is -4.44. The molecule has 10 heteroatoms. The van der Waals surface area contributed by atoms with Crippen LogP contribution in [0, 0.1) is 12.3 Å². The predicted octanol–water partition coefficient (Wildman–Crippen LogP) is 7.17. The average Bonchev–Trinajstić information content (AvgIpc) is 3.13. The van der Waals surface area contributed by atoms with Gasteiger partial charge in [0.25, 0.3) is 5.91 Å². The summed E-state index contributed by atoms with van der Waals surface area (Å²) in [5.74, 6) is -0.943. The number of methoxy groups -OCH3 is 1. The Morgan fingerprint density at radius 1 is 1.11 bits per heavy atom. The quantitative estimate of drug-likeness (QED) is 0.307. The van der Waals surface area contributed by atoms with E-state index in [2.05, 4.69) is 5.32 Å². The number of carbonyl (C=O) groups is 2. The molecule has 1 amide bonds. The van der Waals surface area contributed by atoms with Crippen LogP contribution in [0.5, 0.6) is 5.75 Å². The molecule has 0 spiro atoms. The van der Waals surface area contributed by atoms with Crippen molar-refractivity contribution in [2.75, 3.05) is 7.11 Å². The molecule has 36 heavy (non-hydrogen) atoms.